The van der Waals surface area contributed by atoms with Crippen molar-refractivity contribution in [2.75, 3.05) is 13.1 Å². The number of hydrogen-bond donors (Lipinski definition) is 1. The molecule has 1 aromatic rings. The standard InChI is InChI=1S/C12H19N3O/c1-12(4-6-13-7-5-12)11-14-10(16-15-11)8-9-2-3-9/h9,13H,2-8H2,1H3. The maximum atomic E-state index is 5.35. The van der Waals surface area contributed by atoms with Gasteiger partial charge in [-0.05, 0) is 44.7 Å². The van der Waals surface area contributed by atoms with Crippen molar-refractivity contribution in [1.82, 2.24) is 15.5 Å². The largest absolute Gasteiger partial charge is 0.339 e. The summed E-state index contributed by atoms with van der Waals surface area (Å²) >= 11 is 0. The van der Waals surface area contributed by atoms with Gasteiger partial charge in [-0.25, -0.2) is 0 Å². The van der Waals surface area contributed by atoms with Gasteiger partial charge in [-0.1, -0.05) is 12.1 Å². The summed E-state index contributed by atoms with van der Waals surface area (Å²) in [7, 11) is 0. The van der Waals surface area contributed by atoms with E-state index in [0.29, 0.717) is 0 Å². The van der Waals surface area contributed by atoms with E-state index in [4.69, 9.17) is 4.52 Å². The van der Waals surface area contributed by atoms with Crippen LogP contribution in [-0.4, -0.2) is 23.2 Å². The maximum absolute atomic E-state index is 5.35. The lowest BCUT2D eigenvalue weighted by molar-refractivity contribution is 0.299. The predicted octanol–water partition coefficient (Wildman–Crippen LogP) is 1.66. The highest BCUT2D eigenvalue weighted by atomic mass is 16.5. The molecule has 1 N–H and O–H groups in total. The molecule has 88 valence electrons. The van der Waals surface area contributed by atoms with Crippen LogP contribution in [0.2, 0.25) is 0 Å². The number of hydrogen-bond acceptors (Lipinski definition) is 4. The zero-order valence-electron chi connectivity index (χ0n) is 9.83. The highest BCUT2D eigenvalue weighted by molar-refractivity contribution is 5.07. The van der Waals surface area contributed by atoms with E-state index >= 15 is 0 Å². The van der Waals surface area contributed by atoms with Crippen molar-refractivity contribution in [3.8, 4) is 0 Å². The molecule has 1 saturated heterocycles. The fourth-order valence-corrected chi connectivity index (χ4v) is 2.35. The molecule has 0 unspecified atom stereocenters. The summed E-state index contributed by atoms with van der Waals surface area (Å²) < 4.78 is 5.35. The van der Waals surface area contributed by atoms with Gasteiger partial charge in [-0.3, -0.25) is 0 Å². The van der Waals surface area contributed by atoms with E-state index in [1.807, 2.05) is 0 Å². The summed E-state index contributed by atoms with van der Waals surface area (Å²) in [6.45, 7) is 4.37. The Bertz CT molecular complexity index is 364. The highest BCUT2D eigenvalue weighted by Gasteiger charge is 2.34. The Morgan fingerprint density at radius 2 is 2.12 bits per heavy atom. The molecule has 4 nitrogen and oxygen atoms in total. The van der Waals surface area contributed by atoms with E-state index in [9.17, 15) is 0 Å². The van der Waals surface area contributed by atoms with Gasteiger partial charge in [0.05, 0.1) is 0 Å². The Morgan fingerprint density at radius 3 is 2.81 bits per heavy atom. The quantitative estimate of drug-likeness (QED) is 0.843. The van der Waals surface area contributed by atoms with E-state index in [-0.39, 0.29) is 5.41 Å². The fourth-order valence-electron chi connectivity index (χ4n) is 2.35. The van der Waals surface area contributed by atoms with E-state index in [0.717, 1.165) is 50.0 Å². The molecule has 0 bridgehead atoms. The second kappa shape index (κ2) is 3.84. The van der Waals surface area contributed by atoms with Gasteiger partial charge in [0.2, 0.25) is 5.89 Å². The van der Waals surface area contributed by atoms with Crippen molar-refractivity contribution < 1.29 is 4.52 Å². The minimum absolute atomic E-state index is 0.122. The number of aromatic nitrogens is 2. The van der Waals surface area contributed by atoms with Crippen LogP contribution in [0.15, 0.2) is 4.52 Å². The molecule has 0 atom stereocenters. The zero-order valence-corrected chi connectivity index (χ0v) is 9.83. The van der Waals surface area contributed by atoms with E-state index < -0.39 is 0 Å². The average molecular weight is 221 g/mol. The van der Waals surface area contributed by atoms with E-state index in [2.05, 4.69) is 22.4 Å². The summed E-state index contributed by atoms with van der Waals surface area (Å²) in [5, 5.41) is 7.55. The first kappa shape index (κ1) is 10.3. The summed E-state index contributed by atoms with van der Waals surface area (Å²) in [4.78, 5) is 4.58. The van der Waals surface area contributed by atoms with Crippen molar-refractivity contribution in [3.63, 3.8) is 0 Å². The molecule has 1 aromatic heterocycles. The monoisotopic (exact) mass is 221 g/mol. The summed E-state index contributed by atoms with van der Waals surface area (Å²) in [6.07, 6.45) is 5.87. The second-order valence-electron chi connectivity index (χ2n) is 5.47. The van der Waals surface area contributed by atoms with Gasteiger partial charge in [-0.2, -0.15) is 4.98 Å². The molecule has 0 amide bonds. The predicted molar refractivity (Wildman–Crippen MR) is 60.2 cm³/mol. The molecule has 2 fully saturated rings. The molecular weight excluding hydrogens is 202 g/mol. The van der Waals surface area contributed by atoms with Gasteiger partial charge < -0.3 is 9.84 Å². The number of piperidine rings is 1. The van der Waals surface area contributed by atoms with E-state index in [1.165, 1.54) is 12.8 Å². The van der Waals surface area contributed by atoms with Crippen LogP contribution in [0.5, 0.6) is 0 Å². The smallest absolute Gasteiger partial charge is 0.226 e. The van der Waals surface area contributed by atoms with Crippen molar-refractivity contribution in [1.29, 1.82) is 0 Å². The Labute approximate surface area is 95.8 Å². The average Bonchev–Trinajstić information content (AvgIpc) is 2.95. The van der Waals surface area contributed by atoms with Crippen LogP contribution in [-0.2, 0) is 11.8 Å². The Morgan fingerprint density at radius 1 is 1.38 bits per heavy atom. The molecule has 3 rings (SSSR count). The third kappa shape index (κ3) is 1.98. The molecule has 2 heterocycles. The van der Waals surface area contributed by atoms with Gasteiger partial charge in [0.1, 0.15) is 0 Å². The van der Waals surface area contributed by atoms with Crippen molar-refractivity contribution in [3.05, 3.63) is 11.7 Å². The van der Waals surface area contributed by atoms with Crippen LogP contribution in [0.1, 0.15) is 44.3 Å². The van der Waals surface area contributed by atoms with Gasteiger partial charge in [-0.15, -0.1) is 0 Å². The first-order valence-electron chi connectivity index (χ1n) is 6.30. The first-order valence-corrected chi connectivity index (χ1v) is 6.30. The topological polar surface area (TPSA) is 51.0 Å². The van der Waals surface area contributed by atoms with Crippen LogP contribution in [0.25, 0.3) is 0 Å². The van der Waals surface area contributed by atoms with Crippen LogP contribution in [0.4, 0.5) is 0 Å². The number of nitrogens with zero attached hydrogens (tertiary/aromatic N) is 2. The lowest BCUT2D eigenvalue weighted by atomic mass is 9.80. The lowest BCUT2D eigenvalue weighted by Gasteiger charge is -2.30. The second-order valence-corrected chi connectivity index (χ2v) is 5.47. The minimum Gasteiger partial charge on any atom is -0.339 e. The van der Waals surface area contributed by atoms with Crippen molar-refractivity contribution >= 4 is 0 Å². The number of rotatable bonds is 3. The fraction of sp³-hybridized carbons (Fsp3) is 0.833. The summed E-state index contributed by atoms with van der Waals surface area (Å²) in [5.41, 5.74) is 0.122. The van der Waals surface area contributed by atoms with Crippen LogP contribution >= 0.6 is 0 Å². The maximum Gasteiger partial charge on any atom is 0.226 e. The molecule has 2 aliphatic rings. The van der Waals surface area contributed by atoms with Gasteiger partial charge in [0, 0.05) is 11.8 Å². The minimum atomic E-state index is 0.122. The zero-order chi connectivity index (χ0) is 11.0. The van der Waals surface area contributed by atoms with Gasteiger partial charge >= 0.3 is 0 Å². The van der Waals surface area contributed by atoms with E-state index in [1.54, 1.807) is 0 Å². The molecule has 0 aromatic carbocycles. The lowest BCUT2D eigenvalue weighted by Crippen LogP contribution is -2.38. The molecule has 1 aliphatic heterocycles. The Hall–Kier alpha value is -0.900. The van der Waals surface area contributed by atoms with Crippen LogP contribution in [0.3, 0.4) is 0 Å². The van der Waals surface area contributed by atoms with Crippen molar-refractivity contribution in [2.45, 2.75) is 44.4 Å². The van der Waals surface area contributed by atoms with Crippen LogP contribution in [0, 0.1) is 5.92 Å². The molecule has 0 spiro atoms. The Balaban J connectivity index is 1.74. The summed E-state index contributed by atoms with van der Waals surface area (Å²) in [5.74, 6) is 2.58. The molecule has 1 aliphatic carbocycles. The highest BCUT2D eigenvalue weighted by Crippen LogP contribution is 2.34. The SMILES string of the molecule is CC1(c2noc(CC3CC3)n2)CCNCC1. The molecule has 4 heteroatoms. The summed E-state index contributed by atoms with van der Waals surface area (Å²) in [6, 6.07) is 0. The molecule has 16 heavy (non-hydrogen) atoms. The van der Waals surface area contributed by atoms with Gasteiger partial charge in [0.25, 0.3) is 0 Å². The van der Waals surface area contributed by atoms with Crippen LogP contribution < -0.4 is 5.32 Å². The third-order valence-corrected chi connectivity index (χ3v) is 3.88. The normalized spacial score (nSPS) is 24.6. The van der Waals surface area contributed by atoms with Gasteiger partial charge in [0.15, 0.2) is 5.82 Å². The Kier molecular flexibility index (Phi) is 2.46. The molecule has 1 saturated carbocycles. The first-order chi connectivity index (χ1) is 7.76. The third-order valence-electron chi connectivity index (χ3n) is 3.88. The van der Waals surface area contributed by atoms with Crippen molar-refractivity contribution in [2.24, 2.45) is 5.92 Å². The molecular formula is C12H19N3O. The number of nitrogens with one attached hydrogen (secondary N) is 1. The molecule has 0 radical (unpaired) electrons.